The van der Waals surface area contributed by atoms with Crippen LogP contribution < -0.4 is 5.32 Å². The Kier molecular flexibility index (Phi) is 6.09. The highest BCUT2D eigenvalue weighted by Gasteiger charge is 2.46. The molecule has 0 bridgehead atoms. The number of aromatic hydroxyl groups is 1. The molecule has 5 rings (SSSR count). The minimum atomic E-state index is -0.0807. The van der Waals surface area contributed by atoms with Crippen LogP contribution in [0.25, 0.3) is 11.1 Å². The van der Waals surface area contributed by atoms with Crippen LogP contribution in [-0.2, 0) is 21.7 Å². The molecule has 1 amide bonds. The van der Waals surface area contributed by atoms with Crippen molar-refractivity contribution >= 4 is 11.6 Å². The summed E-state index contributed by atoms with van der Waals surface area (Å²) in [6, 6.07) is 17.4. The number of hydrogen-bond acceptors (Lipinski definition) is 2. The lowest BCUT2D eigenvalue weighted by Crippen LogP contribution is -2.41. The van der Waals surface area contributed by atoms with Crippen molar-refractivity contribution in [3.05, 3.63) is 82.4 Å². The summed E-state index contributed by atoms with van der Waals surface area (Å²) in [6.07, 6.45) is 4.45. The minimum absolute atomic E-state index is 0.0329. The van der Waals surface area contributed by atoms with Gasteiger partial charge >= 0.3 is 0 Å². The van der Waals surface area contributed by atoms with Gasteiger partial charge < -0.3 is 10.4 Å². The third-order valence-corrected chi connectivity index (χ3v) is 9.49. The highest BCUT2D eigenvalue weighted by molar-refractivity contribution is 6.06. The summed E-state index contributed by atoms with van der Waals surface area (Å²) in [5.41, 5.74) is 8.77. The van der Waals surface area contributed by atoms with E-state index in [0.29, 0.717) is 5.56 Å². The summed E-state index contributed by atoms with van der Waals surface area (Å²) in [4.78, 5) is 13.9. The quantitative estimate of drug-likeness (QED) is 0.370. The number of para-hydroxylation sites is 1. The van der Waals surface area contributed by atoms with Gasteiger partial charge in [-0.25, -0.2) is 0 Å². The summed E-state index contributed by atoms with van der Waals surface area (Å²) in [5.74, 6) is 0.157. The minimum Gasteiger partial charge on any atom is -0.507 e. The van der Waals surface area contributed by atoms with Crippen LogP contribution in [0.1, 0.15) is 114 Å². The molecule has 0 aromatic heterocycles. The molecule has 2 aliphatic rings. The highest BCUT2D eigenvalue weighted by Crippen LogP contribution is 2.56. The number of rotatable bonds is 3. The normalized spacial score (nSPS) is 20.2. The fraction of sp³-hybridized carbons (Fsp3) is 0.457. The zero-order valence-corrected chi connectivity index (χ0v) is 24.4. The van der Waals surface area contributed by atoms with Crippen molar-refractivity contribution in [1.29, 1.82) is 0 Å². The first-order valence-electron chi connectivity index (χ1n) is 14.1. The molecule has 2 N–H and O–H groups in total. The predicted octanol–water partition coefficient (Wildman–Crippen LogP) is 9.01. The first kappa shape index (κ1) is 26.5. The van der Waals surface area contributed by atoms with E-state index in [1.165, 1.54) is 22.3 Å². The van der Waals surface area contributed by atoms with Gasteiger partial charge in [0.25, 0.3) is 5.91 Å². The maximum absolute atomic E-state index is 13.9. The number of phenols is 1. The van der Waals surface area contributed by atoms with Gasteiger partial charge in [0.1, 0.15) is 5.75 Å². The van der Waals surface area contributed by atoms with Crippen molar-refractivity contribution in [2.45, 2.75) is 103 Å². The average molecular weight is 510 g/mol. The number of anilines is 1. The molecule has 0 unspecified atom stereocenters. The van der Waals surface area contributed by atoms with Crippen LogP contribution in [-0.4, -0.2) is 11.0 Å². The number of nitrogens with one attached hydrogen (secondary N) is 1. The zero-order chi connectivity index (χ0) is 27.7. The summed E-state index contributed by atoms with van der Waals surface area (Å²) < 4.78 is 0. The molecule has 0 atom stereocenters. The van der Waals surface area contributed by atoms with Crippen molar-refractivity contribution in [3.8, 4) is 16.9 Å². The van der Waals surface area contributed by atoms with Gasteiger partial charge in [0.2, 0.25) is 0 Å². The third kappa shape index (κ3) is 4.34. The first-order chi connectivity index (χ1) is 17.6. The van der Waals surface area contributed by atoms with E-state index in [-0.39, 0.29) is 33.3 Å². The number of carbonyl (C=O) groups excluding carboxylic acids is 1. The van der Waals surface area contributed by atoms with Crippen molar-refractivity contribution in [1.82, 2.24) is 0 Å². The molecule has 2 aliphatic carbocycles. The summed E-state index contributed by atoms with van der Waals surface area (Å²) in [5, 5.41) is 13.7. The van der Waals surface area contributed by atoms with E-state index < -0.39 is 0 Å². The average Bonchev–Trinajstić information content (AvgIpc) is 2.85. The van der Waals surface area contributed by atoms with Crippen LogP contribution in [0.3, 0.4) is 0 Å². The molecule has 0 aliphatic heterocycles. The Balaban J connectivity index is 1.65. The lowest BCUT2D eigenvalue weighted by molar-refractivity contribution is 0.102. The smallest absolute Gasteiger partial charge is 0.255 e. The van der Waals surface area contributed by atoms with Crippen LogP contribution in [0.15, 0.2) is 54.6 Å². The second-order valence-electron chi connectivity index (χ2n) is 14.2. The predicted molar refractivity (Wildman–Crippen MR) is 159 cm³/mol. The van der Waals surface area contributed by atoms with Crippen molar-refractivity contribution < 1.29 is 9.90 Å². The van der Waals surface area contributed by atoms with Crippen LogP contribution >= 0.6 is 0 Å². The van der Waals surface area contributed by atoms with Gasteiger partial charge in [-0.05, 0) is 93.4 Å². The zero-order valence-electron chi connectivity index (χ0n) is 24.4. The summed E-state index contributed by atoms with van der Waals surface area (Å²) in [6.45, 7) is 18.8. The Morgan fingerprint density at radius 1 is 0.684 bits per heavy atom. The molecule has 200 valence electrons. The topological polar surface area (TPSA) is 49.3 Å². The van der Waals surface area contributed by atoms with Crippen LogP contribution in [0.2, 0.25) is 0 Å². The molecule has 3 nitrogen and oxygen atoms in total. The van der Waals surface area contributed by atoms with E-state index in [9.17, 15) is 9.90 Å². The van der Waals surface area contributed by atoms with Crippen molar-refractivity contribution in [2.75, 3.05) is 5.32 Å². The molecule has 0 saturated heterocycles. The van der Waals surface area contributed by atoms with Gasteiger partial charge in [-0.3, -0.25) is 4.79 Å². The first-order valence-corrected chi connectivity index (χ1v) is 14.1. The SMILES string of the molecule is CC1(C)CCC(C)(C)c2c1cc1c(c2NC(=O)c2ccc(-c3ccccc3O)cc2)C(C)(C)CCC1(C)C. The van der Waals surface area contributed by atoms with Crippen molar-refractivity contribution in [2.24, 2.45) is 0 Å². The van der Waals surface area contributed by atoms with Crippen LogP contribution in [0.5, 0.6) is 5.75 Å². The lowest BCUT2D eigenvalue weighted by atomic mass is 9.56. The molecule has 0 radical (unpaired) electrons. The fourth-order valence-corrected chi connectivity index (χ4v) is 6.76. The number of fused-ring (bicyclic) bond motifs is 2. The molecule has 0 spiro atoms. The second kappa shape index (κ2) is 8.73. The standard InChI is InChI=1S/C35H43NO2/c1-32(2)17-19-34(5,6)28-25(32)21-26-29(35(7,8)20-18-33(26,3)4)30(28)36-31(38)23-15-13-22(14-16-23)24-11-9-10-12-27(24)37/h9-16,21,37H,17-20H2,1-8H3,(H,36,38). The van der Waals surface area contributed by atoms with Gasteiger partial charge in [0.15, 0.2) is 0 Å². The molecular weight excluding hydrogens is 466 g/mol. The van der Waals surface area contributed by atoms with E-state index in [2.05, 4.69) is 66.8 Å². The van der Waals surface area contributed by atoms with Gasteiger partial charge in [-0.15, -0.1) is 0 Å². The van der Waals surface area contributed by atoms with E-state index in [4.69, 9.17) is 0 Å². The van der Waals surface area contributed by atoms with E-state index in [1.54, 1.807) is 6.07 Å². The molecule has 3 heteroatoms. The van der Waals surface area contributed by atoms with Gasteiger partial charge in [0, 0.05) is 16.8 Å². The largest absolute Gasteiger partial charge is 0.507 e. The molecule has 0 fully saturated rings. The van der Waals surface area contributed by atoms with Crippen molar-refractivity contribution in [3.63, 3.8) is 0 Å². The number of amides is 1. The Labute approximate surface area is 228 Å². The molecule has 0 saturated carbocycles. The molecular formula is C35H43NO2. The van der Waals surface area contributed by atoms with E-state index >= 15 is 0 Å². The number of carbonyl (C=O) groups is 1. The molecule has 3 aromatic carbocycles. The number of benzene rings is 3. The number of hydrogen-bond donors (Lipinski definition) is 2. The summed E-state index contributed by atoms with van der Waals surface area (Å²) >= 11 is 0. The van der Waals surface area contributed by atoms with Gasteiger partial charge in [-0.1, -0.05) is 91.8 Å². The maximum Gasteiger partial charge on any atom is 0.255 e. The number of phenolic OH excluding ortho intramolecular Hbond substituents is 1. The highest BCUT2D eigenvalue weighted by atomic mass is 16.3. The van der Waals surface area contributed by atoms with Gasteiger partial charge in [-0.2, -0.15) is 0 Å². The Bertz CT molecular complexity index is 1350. The van der Waals surface area contributed by atoms with E-state index in [0.717, 1.165) is 42.5 Å². The monoisotopic (exact) mass is 509 g/mol. The van der Waals surface area contributed by atoms with Crippen LogP contribution in [0, 0.1) is 0 Å². The molecule has 0 heterocycles. The van der Waals surface area contributed by atoms with Crippen LogP contribution in [0.4, 0.5) is 5.69 Å². The lowest BCUT2D eigenvalue weighted by Gasteiger charge is -2.49. The summed E-state index contributed by atoms with van der Waals surface area (Å²) in [7, 11) is 0. The molecule has 38 heavy (non-hydrogen) atoms. The second-order valence-corrected chi connectivity index (χ2v) is 14.2. The Hall–Kier alpha value is -3.07. The van der Waals surface area contributed by atoms with Gasteiger partial charge in [0.05, 0.1) is 0 Å². The molecule has 3 aromatic rings. The fourth-order valence-electron chi connectivity index (χ4n) is 6.76. The Morgan fingerprint density at radius 2 is 1.16 bits per heavy atom. The maximum atomic E-state index is 13.9. The Morgan fingerprint density at radius 3 is 1.66 bits per heavy atom. The third-order valence-electron chi connectivity index (χ3n) is 9.49. The van der Waals surface area contributed by atoms with E-state index in [1.807, 2.05) is 42.5 Å².